The van der Waals surface area contributed by atoms with E-state index in [1.165, 1.54) is 19.5 Å². The van der Waals surface area contributed by atoms with Crippen molar-refractivity contribution in [2.24, 2.45) is 11.8 Å². The van der Waals surface area contributed by atoms with Crippen molar-refractivity contribution < 1.29 is 0 Å². The van der Waals surface area contributed by atoms with Crippen LogP contribution in [0.2, 0.25) is 0 Å². The third-order valence-electron chi connectivity index (χ3n) is 3.29. The molecule has 2 heterocycles. The van der Waals surface area contributed by atoms with E-state index in [0.29, 0.717) is 0 Å². The number of thiophene rings is 1. The second-order valence-electron chi connectivity index (χ2n) is 4.52. The maximum absolute atomic E-state index is 3.51. The lowest BCUT2D eigenvalue weighted by Crippen LogP contribution is -2.37. The largest absolute Gasteiger partial charge is 0.316 e. The number of rotatable bonds is 2. The average Bonchev–Trinajstić information content (AvgIpc) is 2.70. The van der Waals surface area contributed by atoms with Crippen LogP contribution in [0.4, 0.5) is 0 Å². The lowest BCUT2D eigenvalue weighted by Gasteiger charge is -2.34. The summed E-state index contributed by atoms with van der Waals surface area (Å²) in [6.45, 7) is 7.07. The van der Waals surface area contributed by atoms with Gasteiger partial charge in [0.05, 0.1) is 0 Å². The summed E-state index contributed by atoms with van der Waals surface area (Å²) in [5.41, 5.74) is 0. The molecule has 0 saturated carbocycles. The van der Waals surface area contributed by atoms with E-state index in [1.807, 2.05) is 11.3 Å². The molecule has 0 aliphatic carbocycles. The van der Waals surface area contributed by atoms with E-state index in [9.17, 15) is 0 Å². The topological polar surface area (TPSA) is 12.0 Å². The summed E-state index contributed by atoms with van der Waals surface area (Å²) in [6, 6.07) is 4.48. The molecule has 14 heavy (non-hydrogen) atoms. The molecule has 1 N–H and O–H groups in total. The second-order valence-corrected chi connectivity index (χ2v) is 5.50. The predicted octanol–water partition coefficient (Wildman–Crippen LogP) is 3.10. The molecule has 1 aliphatic heterocycles. The van der Waals surface area contributed by atoms with E-state index in [0.717, 1.165) is 17.8 Å². The first-order valence-corrected chi connectivity index (χ1v) is 6.41. The fraction of sp³-hybridized carbons (Fsp3) is 0.667. The summed E-state index contributed by atoms with van der Waals surface area (Å²) < 4.78 is 0. The summed E-state index contributed by atoms with van der Waals surface area (Å²) in [4.78, 5) is 1.59. The first-order chi connectivity index (χ1) is 6.79. The molecule has 2 unspecified atom stereocenters. The van der Waals surface area contributed by atoms with Crippen molar-refractivity contribution in [1.82, 2.24) is 5.32 Å². The van der Waals surface area contributed by atoms with E-state index >= 15 is 0 Å². The summed E-state index contributed by atoms with van der Waals surface area (Å²) in [6.07, 6.45) is 1.31. The molecule has 2 rings (SSSR count). The Bertz CT molecular complexity index is 266. The molecule has 0 amide bonds. The Morgan fingerprint density at radius 3 is 3.00 bits per heavy atom. The summed E-state index contributed by atoms with van der Waals surface area (Å²) in [5.74, 6) is 2.41. The van der Waals surface area contributed by atoms with Gasteiger partial charge in [-0.1, -0.05) is 19.9 Å². The molecular weight excluding hydrogens is 190 g/mol. The molecule has 1 aromatic heterocycles. The van der Waals surface area contributed by atoms with E-state index in [1.54, 1.807) is 4.88 Å². The van der Waals surface area contributed by atoms with Gasteiger partial charge in [0, 0.05) is 4.88 Å². The molecule has 78 valence electrons. The summed E-state index contributed by atoms with van der Waals surface area (Å²) in [7, 11) is 0. The van der Waals surface area contributed by atoms with Gasteiger partial charge in [0.15, 0.2) is 0 Å². The van der Waals surface area contributed by atoms with Gasteiger partial charge in [-0.15, -0.1) is 11.3 Å². The van der Waals surface area contributed by atoms with Crippen molar-refractivity contribution >= 4 is 11.3 Å². The molecule has 0 radical (unpaired) electrons. The Kier molecular flexibility index (Phi) is 3.24. The van der Waals surface area contributed by atoms with Gasteiger partial charge in [0.25, 0.3) is 0 Å². The summed E-state index contributed by atoms with van der Waals surface area (Å²) in [5, 5.41) is 5.72. The lowest BCUT2D eigenvalue weighted by atomic mass is 9.78. The van der Waals surface area contributed by atoms with Crippen molar-refractivity contribution in [2.45, 2.75) is 26.2 Å². The van der Waals surface area contributed by atoms with Crippen LogP contribution in [0.25, 0.3) is 0 Å². The lowest BCUT2D eigenvalue weighted by molar-refractivity contribution is 0.258. The zero-order chi connectivity index (χ0) is 9.97. The van der Waals surface area contributed by atoms with Crippen LogP contribution < -0.4 is 5.32 Å². The zero-order valence-corrected chi connectivity index (χ0v) is 9.81. The minimum atomic E-state index is 0.787. The number of piperidine rings is 1. The van der Waals surface area contributed by atoms with E-state index < -0.39 is 0 Å². The predicted molar refractivity (Wildman–Crippen MR) is 62.9 cm³/mol. The smallest absolute Gasteiger partial charge is 0.00800 e. The summed E-state index contributed by atoms with van der Waals surface area (Å²) >= 11 is 1.92. The Hall–Kier alpha value is -0.340. The highest BCUT2D eigenvalue weighted by atomic mass is 32.1. The van der Waals surface area contributed by atoms with Gasteiger partial charge < -0.3 is 5.32 Å². The zero-order valence-electron chi connectivity index (χ0n) is 8.99. The van der Waals surface area contributed by atoms with Gasteiger partial charge >= 0.3 is 0 Å². The van der Waals surface area contributed by atoms with Gasteiger partial charge in [-0.25, -0.2) is 0 Å². The highest BCUT2D eigenvalue weighted by molar-refractivity contribution is 7.10. The molecule has 1 fully saturated rings. The van der Waals surface area contributed by atoms with Gasteiger partial charge in [-0.2, -0.15) is 0 Å². The first-order valence-electron chi connectivity index (χ1n) is 5.53. The Labute approximate surface area is 90.5 Å². The molecule has 1 aliphatic rings. The minimum absolute atomic E-state index is 0.787. The van der Waals surface area contributed by atoms with Crippen molar-refractivity contribution in [1.29, 1.82) is 0 Å². The fourth-order valence-electron chi connectivity index (χ4n) is 2.44. The third kappa shape index (κ3) is 2.01. The van der Waals surface area contributed by atoms with Crippen LogP contribution in [-0.4, -0.2) is 13.1 Å². The molecular formula is C12H19NS. The number of hydrogen-bond donors (Lipinski definition) is 1. The number of hydrogen-bond acceptors (Lipinski definition) is 2. The van der Waals surface area contributed by atoms with E-state index in [-0.39, 0.29) is 0 Å². The highest BCUT2D eigenvalue weighted by Gasteiger charge is 2.28. The standard InChI is InChI=1S/C12H19NS/c1-9(2)11-8-13-6-5-10(11)12-4-3-7-14-12/h3-4,7,9-11,13H,5-6,8H2,1-2H3. The van der Waals surface area contributed by atoms with Gasteiger partial charge in [-0.3, -0.25) is 0 Å². The highest BCUT2D eigenvalue weighted by Crippen LogP contribution is 2.36. The fourth-order valence-corrected chi connectivity index (χ4v) is 3.38. The Balaban J connectivity index is 2.14. The molecule has 1 saturated heterocycles. The van der Waals surface area contributed by atoms with Gasteiger partial charge in [0.2, 0.25) is 0 Å². The van der Waals surface area contributed by atoms with Crippen LogP contribution in [-0.2, 0) is 0 Å². The molecule has 0 spiro atoms. The SMILES string of the molecule is CC(C)C1CNCCC1c1cccs1. The molecule has 2 heteroatoms. The van der Waals surface area contributed by atoms with Crippen LogP contribution in [0.15, 0.2) is 17.5 Å². The Morgan fingerprint density at radius 1 is 1.50 bits per heavy atom. The van der Waals surface area contributed by atoms with Crippen molar-refractivity contribution in [2.75, 3.05) is 13.1 Å². The van der Waals surface area contributed by atoms with Crippen LogP contribution in [0.1, 0.15) is 31.1 Å². The Morgan fingerprint density at radius 2 is 2.36 bits per heavy atom. The monoisotopic (exact) mass is 209 g/mol. The van der Waals surface area contributed by atoms with Crippen molar-refractivity contribution in [3.05, 3.63) is 22.4 Å². The average molecular weight is 209 g/mol. The maximum Gasteiger partial charge on any atom is 0.00800 e. The molecule has 0 aromatic carbocycles. The van der Waals surface area contributed by atoms with Crippen molar-refractivity contribution in [3.8, 4) is 0 Å². The van der Waals surface area contributed by atoms with Gasteiger partial charge in [0.1, 0.15) is 0 Å². The minimum Gasteiger partial charge on any atom is -0.316 e. The second kappa shape index (κ2) is 4.45. The maximum atomic E-state index is 3.51. The molecule has 1 nitrogen and oxygen atoms in total. The van der Waals surface area contributed by atoms with Crippen LogP contribution in [0.3, 0.4) is 0 Å². The molecule has 2 atom stereocenters. The first kappa shape index (κ1) is 10.2. The van der Waals surface area contributed by atoms with Crippen molar-refractivity contribution in [3.63, 3.8) is 0 Å². The quantitative estimate of drug-likeness (QED) is 0.789. The van der Waals surface area contributed by atoms with E-state index in [4.69, 9.17) is 0 Å². The molecule has 1 aromatic rings. The normalized spacial score (nSPS) is 28.2. The van der Waals surface area contributed by atoms with Crippen LogP contribution >= 0.6 is 11.3 Å². The van der Waals surface area contributed by atoms with E-state index in [2.05, 4.69) is 36.7 Å². The number of nitrogens with one attached hydrogen (secondary N) is 1. The van der Waals surface area contributed by atoms with Gasteiger partial charge in [-0.05, 0) is 48.7 Å². The van der Waals surface area contributed by atoms with Crippen LogP contribution in [0.5, 0.6) is 0 Å². The third-order valence-corrected chi connectivity index (χ3v) is 4.30. The van der Waals surface area contributed by atoms with Crippen LogP contribution in [0, 0.1) is 11.8 Å². The molecule has 0 bridgehead atoms.